The fraction of sp³-hybridized carbons (Fsp3) is 0.400. The predicted molar refractivity (Wildman–Crippen MR) is 78.7 cm³/mol. The second-order valence-electron chi connectivity index (χ2n) is 4.30. The molecule has 0 amide bonds. The lowest BCUT2D eigenvalue weighted by Gasteiger charge is -2.22. The van der Waals surface area contributed by atoms with Gasteiger partial charge in [0.25, 0.3) is 0 Å². The van der Waals surface area contributed by atoms with Crippen LogP contribution in [-0.2, 0) is 9.53 Å². The van der Waals surface area contributed by atoms with E-state index in [0.29, 0.717) is 35.3 Å². The first-order valence-corrected chi connectivity index (χ1v) is 6.97. The van der Waals surface area contributed by atoms with Gasteiger partial charge in [0.1, 0.15) is 19.3 Å². The Balaban J connectivity index is 2.33. The van der Waals surface area contributed by atoms with Gasteiger partial charge in [-0.1, -0.05) is 17.5 Å². The van der Waals surface area contributed by atoms with Crippen molar-refractivity contribution in [3.05, 3.63) is 22.7 Å². The van der Waals surface area contributed by atoms with Crippen LogP contribution >= 0.6 is 11.6 Å². The first-order valence-electron chi connectivity index (χ1n) is 6.60. The Labute approximate surface area is 128 Å². The second-order valence-corrected chi connectivity index (χ2v) is 4.70. The summed E-state index contributed by atoms with van der Waals surface area (Å²) in [7, 11) is 0. The Morgan fingerprint density at radius 1 is 1.52 bits per heavy atom. The number of esters is 1. The summed E-state index contributed by atoms with van der Waals surface area (Å²) in [6.07, 6.45) is 5.23. The molecular formula is C15H16ClNO4. The highest BCUT2D eigenvalue weighted by molar-refractivity contribution is 6.32. The molecule has 1 aromatic rings. The Kier molecular flexibility index (Phi) is 5.32. The molecule has 1 unspecified atom stereocenters. The lowest BCUT2D eigenvalue weighted by molar-refractivity contribution is -0.145. The standard InChI is InChI=1S/C15H16ClNO4/c1-3-5-17-13(15(18)19-4-2)10-8-11(16)14-12(9-10)20-6-7-21-14/h1,8-9,13,17H,4-7H2,2H3. The fourth-order valence-electron chi connectivity index (χ4n) is 2.02. The van der Waals surface area contributed by atoms with E-state index >= 15 is 0 Å². The molecule has 1 aromatic carbocycles. The van der Waals surface area contributed by atoms with Gasteiger partial charge in [-0.2, -0.15) is 0 Å². The second kappa shape index (κ2) is 7.21. The molecule has 1 aliphatic heterocycles. The number of rotatable bonds is 5. The van der Waals surface area contributed by atoms with Crippen LogP contribution in [0.15, 0.2) is 12.1 Å². The van der Waals surface area contributed by atoms with Crippen molar-refractivity contribution in [3.63, 3.8) is 0 Å². The van der Waals surface area contributed by atoms with E-state index in [9.17, 15) is 4.79 Å². The van der Waals surface area contributed by atoms with Gasteiger partial charge in [0.05, 0.1) is 18.2 Å². The van der Waals surface area contributed by atoms with E-state index < -0.39 is 12.0 Å². The number of fused-ring (bicyclic) bond motifs is 1. The number of nitrogens with one attached hydrogen (secondary N) is 1. The third-order valence-corrected chi connectivity index (χ3v) is 3.16. The van der Waals surface area contributed by atoms with E-state index in [2.05, 4.69) is 11.2 Å². The Morgan fingerprint density at radius 3 is 3.00 bits per heavy atom. The van der Waals surface area contributed by atoms with E-state index in [4.69, 9.17) is 32.2 Å². The zero-order valence-corrected chi connectivity index (χ0v) is 12.4. The molecule has 0 saturated heterocycles. The van der Waals surface area contributed by atoms with Crippen molar-refractivity contribution in [2.24, 2.45) is 0 Å². The monoisotopic (exact) mass is 309 g/mol. The number of carbonyl (C=O) groups is 1. The third kappa shape index (κ3) is 3.60. The highest BCUT2D eigenvalue weighted by Gasteiger charge is 2.25. The van der Waals surface area contributed by atoms with Crippen molar-refractivity contribution < 1.29 is 19.0 Å². The van der Waals surface area contributed by atoms with Crippen LogP contribution in [0.4, 0.5) is 0 Å². The molecule has 5 nitrogen and oxygen atoms in total. The number of hydrogen-bond acceptors (Lipinski definition) is 5. The van der Waals surface area contributed by atoms with Crippen molar-refractivity contribution in [1.82, 2.24) is 5.32 Å². The van der Waals surface area contributed by atoms with Crippen molar-refractivity contribution >= 4 is 17.6 Å². The quantitative estimate of drug-likeness (QED) is 0.665. The highest BCUT2D eigenvalue weighted by atomic mass is 35.5. The Morgan fingerprint density at radius 2 is 2.29 bits per heavy atom. The van der Waals surface area contributed by atoms with Gasteiger partial charge in [0.15, 0.2) is 11.5 Å². The molecule has 2 rings (SSSR count). The van der Waals surface area contributed by atoms with Crippen molar-refractivity contribution in [2.75, 3.05) is 26.4 Å². The minimum atomic E-state index is -0.700. The van der Waals surface area contributed by atoms with Gasteiger partial charge in [-0.25, -0.2) is 4.79 Å². The Bertz CT molecular complexity index is 568. The van der Waals surface area contributed by atoms with Crippen LogP contribution in [0.5, 0.6) is 11.5 Å². The summed E-state index contributed by atoms with van der Waals surface area (Å²) in [6, 6.07) is 2.67. The highest BCUT2D eigenvalue weighted by Crippen LogP contribution is 2.39. The van der Waals surface area contributed by atoms with Crippen molar-refractivity contribution in [1.29, 1.82) is 0 Å². The average Bonchev–Trinajstić information content (AvgIpc) is 2.48. The summed E-state index contributed by atoms with van der Waals surface area (Å²) in [5, 5.41) is 3.33. The molecule has 1 aliphatic rings. The minimum Gasteiger partial charge on any atom is -0.486 e. The lowest BCUT2D eigenvalue weighted by Crippen LogP contribution is -2.30. The number of ether oxygens (including phenoxy) is 3. The zero-order valence-electron chi connectivity index (χ0n) is 11.6. The summed E-state index contributed by atoms with van der Waals surface area (Å²) in [4.78, 5) is 12.1. The molecule has 6 heteroatoms. The molecule has 0 saturated carbocycles. The van der Waals surface area contributed by atoms with E-state index in [-0.39, 0.29) is 13.2 Å². The molecule has 0 fully saturated rings. The predicted octanol–water partition coefficient (Wildman–Crippen LogP) is 1.94. The lowest BCUT2D eigenvalue weighted by atomic mass is 10.1. The molecular weight excluding hydrogens is 294 g/mol. The first kappa shape index (κ1) is 15.5. The fourth-order valence-corrected chi connectivity index (χ4v) is 2.29. The minimum absolute atomic E-state index is 0.232. The van der Waals surface area contributed by atoms with Crippen LogP contribution in [0.2, 0.25) is 5.02 Å². The molecule has 21 heavy (non-hydrogen) atoms. The number of terminal acetylenes is 1. The molecule has 1 heterocycles. The van der Waals surface area contributed by atoms with Crippen LogP contribution in [0.1, 0.15) is 18.5 Å². The van der Waals surface area contributed by atoms with Crippen molar-refractivity contribution in [3.8, 4) is 23.8 Å². The Hall–Kier alpha value is -1.90. The normalized spacial score (nSPS) is 14.1. The SMILES string of the molecule is C#CCNC(C(=O)OCC)c1cc(Cl)c2c(c1)OCCO2. The van der Waals surface area contributed by atoms with Gasteiger partial charge < -0.3 is 14.2 Å². The molecule has 1 N–H and O–H groups in total. The number of carbonyl (C=O) groups excluding carboxylic acids is 1. The van der Waals surface area contributed by atoms with Crippen LogP contribution in [0, 0.1) is 12.3 Å². The summed E-state index contributed by atoms with van der Waals surface area (Å²) in [5.41, 5.74) is 0.623. The maximum absolute atomic E-state index is 12.1. The van der Waals surface area contributed by atoms with Gasteiger partial charge in [-0.15, -0.1) is 6.42 Å². The van der Waals surface area contributed by atoms with Gasteiger partial charge in [-0.3, -0.25) is 5.32 Å². The molecule has 0 spiro atoms. The van der Waals surface area contributed by atoms with E-state index in [0.717, 1.165) is 0 Å². The molecule has 0 radical (unpaired) electrons. The van der Waals surface area contributed by atoms with E-state index in [1.54, 1.807) is 19.1 Å². The zero-order chi connectivity index (χ0) is 15.2. The van der Waals surface area contributed by atoms with Crippen LogP contribution < -0.4 is 14.8 Å². The largest absolute Gasteiger partial charge is 0.486 e. The number of benzene rings is 1. The summed E-state index contributed by atoms with van der Waals surface area (Å²) >= 11 is 6.18. The maximum Gasteiger partial charge on any atom is 0.327 e. The first-order chi connectivity index (χ1) is 10.2. The third-order valence-electron chi connectivity index (χ3n) is 2.88. The number of hydrogen-bond donors (Lipinski definition) is 1. The topological polar surface area (TPSA) is 56.8 Å². The average molecular weight is 310 g/mol. The van der Waals surface area contributed by atoms with Gasteiger partial charge in [0, 0.05) is 0 Å². The van der Waals surface area contributed by atoms with E-state index in [1.807, 2.05) is 0 Å². The van der Waals surface area contributed by atoms with Crippen molar-refractivity contribution in [2.45, 2.75) is 13.0 Å². The molecule has 0 aromatic heterocycles. The van der Waals surface area contributed by atoms with Gasteiger partial charge >= 0.3 is 5.97 Å². The molecule has 112 valence electrons. The van der Waals surface area contributed by atoms with Crippen LogP contribution in [0.3, 0.4) is 0 Å². The molecule has 1 atom stereocenters. The number of halogens is 1. The maximum atomic E-state index is 12.1. The molecule has 0 bridgehead atoms. The smallest absolute Gasteiger partial charge is 0.327 e. The van der Waals surface area contributed by atoms with Gasteiger partial charge in [0.2, 0.25) is 0 Å². The molecule has 0 aliphatic carbocycles. The summed E-state index contributed by atoms with van der Waals surface area (Å²) in [5.74, 6) is 3.02. The van der Waals surface area contributed by atoms with Crippen LogP contribution in [0.25, 0.3) is 0 Å². The van der Waals surface area contributed by atoms with E-state index in [1.165, 1.54) is 0 Å². The van der Waals surface area contributed by atoms with Gasteiger partial charge in [-0.05, 0) is 24.6 Å². The van der Waals surface area contributed by atoms with Crippen LogP contribution in [-0.4, -0.2) is 32.3 Å². The summed E-state index contributed by atoms with van der Waals surface area (Å²) in [6.45, 7) is 3.14. The summed E-state index contributed by atoms with van der Waals surface area (Å²) < 4.78 is 16.0.